The number of carbonyl (C=O) groups excluding carboxylic acids is 1. The number of amides is 1. The zero-order valence-electron chi connectivity index (χ0n) is 15.1. The number of hydrogen-bond donors (Lipinski definition) is 1. The third-order valence-electron chi connectivity index (χ3n) is 5.47. The summed E-state index contributed by atoms with van der Waals surface area (Å²) in [6, 6.07) is 5.56. The Morgan fingerprint density at radius 3 is 2.65 bits per heavy atom. The van der Waals surface area contributed by atoms with Crippen molar-refractivity contribution in [3.05, 3.63) is 35.4 Å². The maximum Gasteiger partial charge on any atom is 0.416 e. The van der Waals surface area contributed by atoms with Crippen LogP contribution in [-0.4, -0.2) is 61.0 Å². The summed E-state index contributed by atoms with van der Waals surface area (Å²) in [6.45, 7) is 7.11. The maximum absolute atomic E-state index is 13.0. The molecule has 26 heavy (non-hydrogen) atoms. The highest BCUT2D eigenvalue weighted by Gasteiger charge is 2.35. The fourth-order valence-corrected chi connectivity index (χ4v) is 3.99. The predicted octanol–water partition coefficient (Wildman–Crippen LogP) is 2.71. The van der Waals surface area contributed by atoms with Gasteiger partial charge in [0.2, 0.25) is 5.91 Å². The molecule has 144 valence electrons. The van der Waals surface area contributed by atoms with Gasteiger partial charge in [-0.05, 0) is 24.5 Å². The van der Waals surface area contributed by atoms with Crippen molar-refractivity contribution in [1.82, 2.24) is 15.1 Å². The van der Waals surface area contributed by atoms with E-state index >= 15 is 0 Å². The average molecular weight is 369 g/mol. The van der Waals surface area contributed by atoms with Gasteiger partial charge in [0, 0.05) is 45.3 Å². The number of nitrogens with one attached hydrogen (secondary N) is 1. The SMILES string of the molecule is CCC(C(=O)N1CCC(N2CCNCC2)C1)c1cccc(C(F)(F)F)c1. The minimum atomic E-state index is -4.39. The minimum absolute atomic E-state index is 0.0514. The number of hydrogen-bond acceptors (Lipinski definition) is 3. The Morgan fingerprint density at radius 2 is 2.00 bits per heavy atom. The lowest BCUT2D eigenvalue weighted by Crippen LogP contribution is -2.49. The molecule has 2 heterocycles. The van der Waals surface area contributed by atoms with Crippen molar-refractivity contribution in [2.75, 3.05) is 39.3 Å². The molecule has 4 nitrogen and oxygen atoms in total. The Morgan fingerprint density at radius 1 is 1.27 bits per heavy atom. The van der Waals surface area contributed by atoms with Gasteiger partial charge in [0.15, 0.2) is 0 Å². The monoisotopic (exact) mass is 369 g/mol. The molecule has 2 aliphatic rings. The van der Waals surface area contributed by atoms with Crippen molar-refractivity contribution < 1.29 is 18.0 Å². The van der Waals surface area contributed by atoms with Crippen molar-refractivity contribution in [2.24, 2.45) is 0 Å². The van der Waals surface area contributed by atoms with Crippen LogP contribution in [0.1, 0.15) is 36.8 Å². The lowest BCUT2D eigenvalue weighted by Gasteiger charge is -2.32. The first-order valence-corrected chi connectivity index (χ1v) is 9.31. The number of halogens is 3. The first-order valence-electron chi connectivity index (χ1n) is 9.31. The first-order chi connectivity index (χ1) is 12.4. The standard InChI is InChI=1S/C19H26F3N3O/c1-2-17(14-4-3-5-15(12-14)19(20,21)22)18(26)25-9-6-16(13-25)24-10-7-23-8-11-24/h3-5,12,16-17,23H,2,6-11,13H2,1H3. The number of alkyl halides is 3. The molecule has 1 aromatic rings. The van der Waals surface area contributed by atoms with E-state index < -0.39 is 17.7 Å². The summed E-state index contributed by atoms with van der Waals surface area (Å²) in [5, 5.41) is 3.32. The molecule has 1 aromatic carbocycles. The van der Waals surface area contributed by atoms with Gasteiger partial charge in [-0.2, -0.15) is 13.2 Å². The highest BCUT2D eigenvalue weighted by atomic mass is 19.4. The molecule has 3 rings (SSSR count). The van der Waals surface area contributed by atoms with E-state index in [1.807, 2.05) is 11.8 Å². The molecule has 1 amide bonds. The second-order valence-corrected chi connectivity index (χ2v) is 7.10. The Labute approximate surface area is 152 Å². The van der Waals surface area contributed by atoms with Crippen molar-refractivity contribution in [1.29, 1.82) is 0 Å². The smallest absolute Gasteiger partial charge is 0.341 e. The van der Waals surface area contributed by atoms with Gasteiger partial charge in [-0.3, -0.25) is 9.69 Å². The van der Waals surface area contributed by atoms with Crippen molar-refractivity contribution >= 4 is 5.91 Å². The van der Waals surface area contributed by atoms with Gasteiger partial charge < -0.3 is 10.2 Å². The van der Waals surface area contributed by atoms with Crippen LogP contribution in [0.15, 0.2) is 24.3 Å². The molecule has 0 aliphatic carbocycles. The molecule has 0 saturated carbocycles. The van der Waals surface area contributed by atoms with Crippen LogP contribution in [0, 0.1) is 0 Å². The number of carbonyl (C=O) groups is 1. The van der Waals surface area contributed by atoms with Crippen molar-refractivity contribution in [3.8, 4) is 0 Å². The molecule has 0 aromatic heterocycles. The van der Waals surface area contributed by atoms with E-state index in [2.05, 4.69) is 10.2 Å². The van der Waals surface area contributed by atoms with Crippen LogP contribution in [0.4, 0.5) is 13.2 Å². The molecule has 7 heteroatoms. The zero-order chi connectivity index (χ0) is 18.7. The van der Waals surface area contributed by atoms with Crippen LogP contribution in [0.3, 0.4) is 0 Å². The van der Waals surface area contributed by atoms with Crippen molar-refractivity contribution in [3.63, 3.8) is 0 Å². The molecule has 2 fully saturated rings. The average Bonchev–Trinajstić information content (AvgIpc) is 3.13. The van der Waals surface area contributed by atoms with Crippen LogP contribution in [-0.2, 0) is 11.0 Å². The zero-order valence-corrected chi connectivity index (χ0v) is 15.1. The molecule has 0 spiro atoms. The summed E-state index contributed by atoms with van der Waals surface area (Å²) in [4.78, 5) is 17.2. The summed E-state index contributed by atoms with van der Waals surface area (Å²) in [5.41, 5.74) is -0.237. The fraction of sp³-hybridized carbons (Fsp3) is 0.632. The normalized spacial score (nSPS) is 23.2. The summed E-state index contributed by atoms with van der Waals surface area (Å²) >= 11 is 0. The Balaban J connectivity index is 1.69. The van der Waals surface area contributed by atoms with Gasteiger partial charge in [0.05, 0.1) is 11.5 Å². The summed E-state index contributed by atoms with van der Waals surface area (Å²) in [5.74, 6) is -0.566. The maximum atomic E-state index is 13.0. The highest BCUT2D eigenvalue weighted by Crippen LogP contribution is 2.33. The van der Waals surface area contributed by atoms with Gasteiger partial charge in [-0.15, -0.1) is 0 Å². The molecular weight excluding hydrogens is 343 g/mol. The van der Waals surface area contributed by atoms with E-state index in [4.69, 9.17) is 0 Å². The summed E-state index contributed by atoms with van der Waals surface area (Å²) < 4.78 is 39.0. The number of nitrogens with zero attached hydrogens (tertiary/aromatic N) is 2. The second-order valence-electron chi connectivity index (χ2n) is 7.10. The van der Waals surface area contributed by atoms with Crippen LogP contribution in [0.5, 0.6) is 0 Å². The van der Waals surface area contributed by atoms with Crippen LogP contribution >= 0.6 is 0 Å². The topological polar surface area (TPSA) is 35.6 Å². The van der Waals surface area contributed by atoms with Gasteiger partial charge in [-0.25, -0.2) is 0 Å². The molecule has 1 N–H and O–H groups in total. The molecule has 2 atom stereocenters. The fourth-order valence-electron chi connectivity index (χ4n) is 3.99. The Kier molecular flexibility index (Phi) is 5.87. The van der Waals surface area contributed by atoms with Crippen LogP contribution in [0.25, 0.3) is 0 Å². The van der Waals surface area contributed by atoms with Gasteiger partial charge in [0.25, 0.3) is 0 Å². The van der Waals surface area contributed by atoms with Gasteiger partial charge in [-0.1, -0.05) is 25.1 Å². The second kappa shape index (κ2) is 7.96. The first kappa shape index (κ1) is 19.2. The van der Waals surface area contributed by atoms with Gasteiger partial charge in [0.1, 0.15) is 0 Å². The van der Waals surface area contributed by atoms with E-state index in [-0.39, 0.29) is 5.91 Å². The lowest BCUT2D eigenvalue weighted by molar-refractivity contribution is -0.138. The quantitative estimate of drug-likeness (QED) is 0.887. The molecule has 0 radical (unpaired) electrons. The Bertz CT molecular complexity index is 629. The molecule has 2 saturated heterocycles. The number of likely N-dealkylation sites (tertiary alicyclic amines) is 1. The van der Waals surface area contributed by atoms with Crippen LogP contribution in [0.2, 0.25) is 0 Å². The third kappa shape index (κ3) is 4.20. The number of piperazine rings is 1. The summed E-state index contributed by atoms with van der Waals surface area (Å²) in [6.07, 6.45) is -2.96. The molecule has 2 aliphatic heterocycles. The van der Waals surface area contributed by atoms with E-state index in [1.165, 1.54) is 6.07 Å². The highest BCUT2D eigenvalue weighted by molar-refractivity contribution is 5.84. The van der Waals surface area contributed by atoms with E-state index in [9.17, 15) is 18.0 Å². The molecular formula is C19H26F3N3O. The van der Waals surface area contributed by atoms with E-state index in [1.54, 1.807) is 6.07 Å². The number of rotatable bonds is 4. The largest absolute Gasteiger partial charge is 0.416 e. The third-order valence-corrected chi connectivity index (χ3v) is 5.47. The van der Waals surface area contributed by atoms with E-state index in [0.717, 1.165) is 44.7 Å². The molecule has 2 unspecified atom stereocenters. The summed E-state index contributed by atoms with van der Waals surface area (Å²) in [7, 11) is 0. The van der Waals surface area contributed by atoms with Gasteiger partial charge >= 0.3 is 6.18 Å². The van der Waals surface area contributed by atoms with Crippen molar-refractivity contribution in [2.45, 2.75) is 37.9 Å². The van der Waals surface area contributed by atoms with Crippen LogP contribution < -0.4 is 5.32 Å². The molecule has 0 bridgehead atoms. The number of benzene rings is 1. The van der Waals surface area contributed by atoms with E-state index in [0.29, 0.717) is 31.1 Å². The minimum Gasteiger partial charge on any atom is -0.341 e. The Hall–Kier alpha value is -1.60. The lowest BCUT2D eigenvalue weighted by atomic mass is 9.93. The predicted molar refractivity (Wildman–Crippen MR) is 93.9 cm³/mol.